The largest absolute Gasteiger partial charge is 0.778 e. The van der Waals surface area contributed by atoms with Crippen LogP contribution in [0.5, 0.6) is 0 Å². The van der Waals surface area contributed by atoms with Crippen LogP contribution in [0.25, 0.3) is 0 Å². The molecule has 1 heterocycles. The minimum atomic E-state index is -5.15. The van der Waals surface area contributed by atoms with Crippen LogP contribution in [0, 0.1) is 0 Å². The Labute approximate surface area is 143 Å². The molecule has 0 saturated heterocycles. The highest BCUT2D eigenvalue weighted by Crippen LogP contribution is 2.57. The standard InChI is InChI=1S/C15H27NO6P2/c1-2-3-4-5-6-7-9-14-10-8-11-16(12-14)13-15(23(17,18)19)24(20,21)22/h8,10-12,15H,2-7,9,13H2,1H3,(H3-,17,18,19,20,21,22). The van der Waals surface area contributed by atoms with Gasteiger partial charge in [0, 0.05) is 11.6 Å². The number of rotatable bonds is 11. The maximum Gasteiger partial charge on any atom is 0.343 e. The van der Waals surface area contributed by atoms with E-state index in [1.807, 2.05) is 6.07 Å². The zero-order valence-corrected chi connectivity index (χ0v) is 15.7. The maximum atomic E-state index is 11.3. The Kier molecular flexibility index (Phi) is 8.78. The van der Waals surface area contributed by atoms with E-state index in [-0.39, 0.29) is 0 Å². The first-order chi connectivity index (χ1) is 11.1. The normalized spacial score (nSPS) is 15.9. The Morgan fingerprint density at radius 3 is 2.33 bits per heavy atom. The van der Waals surface area contributed by atoms with Crippen molar-refractivity contribution in [3.05, 3.63) is 30.1 Å². The Balaban J connectivity index is 2.64. The van der Waals surface area contributed by atoms with E-state index in [0.717, 1.165) is 24.8 Å². The van der Waals surface area contributed by atoms with Gasteiger partial charge in [-0.2, -0.15) is 0 Å². The Morgan fingerprint density at radius 1 is 1.12 bits per heavy atom. The fourth-order valence-corrected chi connectivity index (χ4v) is 4.85. The van der Waals surface area contributed by atoms with Gasteiger partial charge in [0.25, 0.3) is 0 Å². The number of nitrogens with zero attached hydrogens (tertiary/aromatic N) is 1. The predicted molar refractivity (Wildman–Crippen MR) is 89.4 cm³/mol. The lowest BCUT2D eigenvalue weighted by Gasteiger charge is -2.25. The van der Waals surface area contributed by atoms with Gasteiger partial charge in [-0.1, -0.05) is 39.0 Å². The molecule has 138 valence electrons. The summed E-state index contributed by atoms with van der Waals surface area (Å²) in [6, 6.07) is 3.60. The average Bonchev–Trinajstić information content (AvgIpc) is 2.46. The number of aromatic nitrogens is 1. The summed E-state index contributed by atoms with van der Waals surface area (Å²) in [6.07, 6.45) is 11.0. The molecule has 0 radical (unpaired) electrons. The van der Waals surface area contributed by atoms with E-state index in [1.165, 1.54) is 36.4 Å². The molecule has 1 rings (SSSR count). The Hall–Kier alpha value is -0.550. The SMILES string of the molecule is CCCCCCCCc1ccc[n+](CC(P(=O)([O-])O)P(=O)(O)O)c1. The maximum absolute atomic E-state index is 11.3. The summed E-state index contributed by atoms with van der Waals surface area (Å²) in [6.45, 7) is 1.69. The van der Waals surface area contributed by atoms with Gasteiger partial charge in [-0.3, -0.25) is 4.57 Å². The molecule has 7 nitrogen and oxygen atoms in total. The fourth-order valence-electron chi connectivity index (χ4n) is 2.54. The molecule has 3 N–H and O–H groups in total. The highest BCUT2D eigenvalue weighted by molar-refractivity contribution is 7.70. The van der Waals surface area contributed by atoms with Gasteiger partial charge in [0.1, 0.15) is 0 Å². The van der Waals surface area contributed by atoms with Crippen molar-refractivity contribution in [3.63, 3.8) is 0 Å². The Bertz CT molecular complexity index is 575. The van der Waals surface area contributed by atoms with Gasteiger partial charge >= 0.3 is 7.60 Å². The van der Waals surface area contributed by atoms with Crippen LogP contribution in [-0.4, -0.2) is 20.1 Å². The molecular weight excluding hydrogens is 352 g/mol. The van der Waals surface area contributed by atoms with Crippen LogP contribution in [-0.2, 0) is 22.1 Å². The van der Waals surface area contributed by atoms with Crippen LogP contribution < -0.4 is 9.46 Å². The van der Waals surface area contributed by atoms with Crippen molar-refractivity contribution in [1.29, 1.82) is 0 Å². The molecule has 1 aromatic heterocycles. The molecule has 24 heavy (non-hydrogen) atoms. The number of hydrogen-bond acceptors (Lipinski definition) is 3. The van der Waals surface area contributed by atoms with E-state index >= 15 is 0 Å². The third-order valence-corrected chi connectivity index (χ3v) is 7.51. The van der Waals surface area contributed by atoms with Gasteiger partial charge < -0.3 is 24.1 Å². The first kappa shape index (κ1) is 21.5. The predicted octanol–water partition coefficient (Wildman–Crippen LogP) is 1.93. The zero-order chi connectivity index (χ0) is 18.2. The van der Waals surface area contributed by atoms with Crippen LogP contribution in [0.15, 0.2) is 24.5 Å². The molecule has 0 amide bonds. The molecule has 2 atom stereocenters. The van der Waals surface area contributed by atoms with Crippen molar-refractivity contribution in [2.45, 2.75) is 63.8 Å². The number of aryl methyl sites for hydroxylation is 1. The number of hydrogen-bond donors (Lipinski definition) is 3. The van der Waals surface area contributed by atoms with Gasteiger partial charge in [-0.15, -0.1) is 0 Å². The van der Waals surface area contributed by atoms with Crippen molar-refractivity contribution in [2.24, 2.45) is 0 Å². The van der Waals surface area contributed by atoms with Gasteiger partial charge in [0.15, 0.2) is 31.9 Å². The van der Waals surface area contributed by atoms with Crippen molar-refractivity contribution < 1.29 is 33.3 Å². The summed E-state index contributed by atoms with van der Waals surface area (Å²) in [4.78, 5) is 38.6. The lowest BCUT2D eigenvalue weighted by atomic mass is 10.1. The monoisotopic (exact) mass is 379 g/mol. The molecule has 0 spiro atoms. The molecule has 0 bridgehead atoms. The molecule has 0 aromatic carbocycles. The molecule has 1 aromatic rings. The van der Waals surface area contributed by atoms with E-state index in [0.29, 0.717) is 0 Å². The van der Waals surface area contributed by atoms with Gasteiger partial charge in [-0.25, -0.2) is 4.57 Å². The molecule has 0 aliphatic heterocycles. The minimum Gasteiger partial charge on any atom is -0.778 e. The van der Waals surface area contributed by atoms with Crippen molar-refractivity contribution in [3.8, 4) is 0 Å². The second-order valence-corrected chi connectivity index (χ2v) is 10.0. The molecular formula is C15H27NO6P2. The number of pyridine rings is 1. The Morgan fingerprint density at radius 2 is 1.75 bits per heavy atom. The highest BCUT2D eigenvalue weighted by atomic mass is 31.2. The third kappa shape index (κ3) is 8.02. The summed E-state index contributed by atoms with van der Waals surface area (Å²) in [5.74, 6) is 0. The van der Waals surface area contributed by atoms with Crippen LogP contribution in [0.3, 0.4) is 0 Å². The first-order valence-corrected chi connectivity index (χ1v) is 11.5. The lowest BCUT2D eigenvalue weighted by molar-refractivity contribution is -0.695. The summed E-state index contributed by atoms with van der Waals surface area (Å²) in [5.41, 5.74) is 0.969. The second kappa shape index (κ2) is 9.81. The summed E-state index contributed by atoms with van der Waals surface area (Å²) < 4.78 is 24.0. The average molecular weight is 379 g/mol. The summed E-state index contributed by atoms with van der Waals surface area (Å²) in [7, 11) is -10.1. The van der Waals surface area contributed by atoms with Crippen LogP contribution in [0.4, 0.5) is 0 Å². The fraction of sp³-hybridized carbons (Fsp3) is 0.667. The zero-order valence-electron chi connectivity index (χ0n) is 14.0. The molecule has 0 saturated carbocycles. The molecule has 0 fully saturated rings. The van der Waals surface area contributed by atoms with E-state index in [4.69, 9.17) is 14.7 Å². The summed E-state index contributed by atoms with van der Waals surface area (Å²) >= 11 is 0. The van der Waals surface area contributed by atoms with Gasteiger partial charge in [0.05, 0.1) is 0 Å². The van der Waals surface area contributed by atoms with Gasteiger partial charge in [-0.05, 0) is 18.9 Å². The second-order valence-electron chi connectivity index (χ2n) is 6.06. The van der Waals surface area contributed by atoms with E-state index in [2.05, 4.69) is 6.92 Å². The van der Waals surface area contributed by atoms with Crippen LogP contribution >= 0.6 is 15.2 Å². The van der Waals surface area contributed by atoms with Crippen LogP contribution in [0.2, 0.25) is 0 Å². The minimum absolute atomic E-state index is 0.480. The number of unbranched alkanes of at least 4 members (excludes halogenated alkanes) is 5. The van der Waals surface area contributed by atoms with Crippen molar-refractivity contribution >= 4 is 15.2 Å². The van der Waals surface area contributed by atoms with E-state index in [1.54, 1.807) is 12.3 Å². The molecule has 0 aliphatic carbocycles. The van der Waals surface area contributed by atoms with E-state index in [9.17, 15) is 14.0 Å². The first-order valence-electron chi connectivity index (χ1n) is 8.21. The van der Waals surface area contributed by atoms with Crippen molar-refractivity contribution in [1.82, 2.24) is 0 Å². The van der Waals surface area contributed by atoms with Gasteiger partial charge in [0.2, 0.25) is 0 Å². The third-order valence-electron chi connectivity index (χ3n) is 3.88. The topological polar surface area (TPSA) is 122 Å². The van der Waals surface area contributed by atoms with Crippen molar-refractivity contribution in [2.75, 3.05) is 0 Å². The molecule has 9 heteroatoms. The quantitative estimate of drug-likeness (QED) is 0.307. The highest BCUT2D eigenvalue weighted by Gasteiger charge is 2.40. The molecule has 2 unspecified atom stereocenters. The van der Waals surface area contributed by atoms with Crippen LogP contribution in [0.1, 0.15) is 51.0 Å². The lowest BCUT2D eigenvalue weighted by Crippen LogP contribution is -2.40. The summed E-state index contributed by atoms with van der Waals surface area (Å²) in [5, 5.41) is -2.13. The van der Waals surface area contributed by atoms with E-state index < -0.39 is 27.1 Å². The molecule has 0 aliphatic rings. The smallest absolute Gasteiger partial charge is 0.343 e.